The van der Waals surface area contributed by atoms with Crippen LogP contribution in [0.5, 0.6) is 0 Å². The monoisotopic (exact) mass is 277 g/mol. The SMILES string of the molecule is O=CC1CCCCN1Cc1nnc(-c2cccs2)o1. The van der Waals surface area contributed by atoms with Crippen LogP contribution in [0, 0.1) is 0 Å². The minimum atomic E-state index is -0.00848. The van der Waals surface area contributed by atoms with Crippen molar-refractivity contribution in [3.63, 3.8) is 0 Å². The van der Waals surface area contributed by atoms with Gasteiger partial charge in [0.05, 0.1) is 17.5 Å². The maximum Gasteiger partial charge on any atom is 0.257 e. The van der Waals surface area contributed by atoms with Crippen molar-refractivity contribution in [2.45, 2.75) is 31.8 Å². The molecular formula is C13H15N3O2S. The molecule has 5 nitrogen and oxygen atoms in total. The molecule has 1 aliphatic heterocycles. The molecular weight excluding hydrogens is 262 g/mol. The van der Waals surface area contributed by atoms with Crippen LogP contribution in [-0.2, 0) is 11.3 Å². The summed E-state index contributed by atoms with van der Waals surface area (Å²) in [7, 11) is 0. The Kier molecular flexibility index (Phi) is 3.70. The quantitative estimate of drug-likeness (QED) is 0.803. The number of piperidine rings is 1. The molecule has 1 atom stereocenters. The normalized spacial score (nSPS) is 20.5. The van der Waals surface area contributed by atoms with Crippen molar-refractivity contribution in [3.8, 4) is 10.8 Å². The average molecular weight is 277 g/mol. The van der Waals surface area contributed by atoms with E-state index in [9.17, 15) is 4.79 Å². The Morgan fingerprint density at radius 3 is 3.21 bits per heavy atom. The van der Waals surface area contributed by atoms with E-state index in [-0.39, 0.29) is 6.04 Å². The predicted molar refractivity (Wildman–Crippen MR) is 71.7 cm³/mol. The molecule has 2 aromatic heterocycles. The molecule has 2 aromatic rings. The van der Waals surface area contributed by atoms with Gasteiger partial charge in [0.25, 0.3) is 5.89 Å². The standard InChI is InChI=1S/C13H15N3O2S/c17-9-10-4-1-2-6-16(10)8-12-14-15-13(18-12)11-5-3-7-19-11/h3,5,7,9-10H,1-2,4,6,8H2. The zero-order valence-corrected chi connectivity index (χ0v) is 11.3. The molecule has 0 bridgehead atoms. The van der Waals surface area contributed by atoms with E-state index < -0.39 is 0 Å². The van der Waals surface area contributed by atoms with Gasteiger partial charge in [-0.25, -0.2) is 0 Å². The third-order valence-corrected chi connectivity index (χ3v) is 4.22. The van der Waals surface area contributed by atoms with Crippen LogP contribution in [0.4, 0.5) is 0 Å². The van der Waals surface area contributed by atoms with Crippen LogP contribution >= 0.6 is 11.3 Å². The molecule has 1 unspecified atom stereocenters. The van der Waals surface area contributed by atoms with Crippen molar-refractivity contribution in [2.24, 2.45) is 0 Å². The molecule has 0 spiro atoms. The highest BCUT2D eigenvalue weighted by Crippen LogP contribution is 2.24. The van der Waals surface area contributed by atoms with Gasteiger partial charge in [-0.05, 0) is 30.8 Å². The number of aromatic nitrogens is 2. The summed E-state index contributed by atoms with van der Waals surface area (Å²) in [5, 5.41) is 10.1. The van der Waals surface area contributed by atoms with Gasteiger partial charge in [0.2, 0.25) is 5.89 Å². The van der Waals surface area contributed by atoms with E-state index in [1.807, 2.05) is 17.5 Å². The summed E-state index contributed by atoms with van der Waals surface area (Å²) in [5.74, 6) is 1.14. The first kappa shape index (κ1) is 12.5. The van der Waals surface area contributed by atoms with Crippen molar-refractivity contribution in [3.05, 3.63) is 23.4 Å². The molecule has 0 aliphatic carbocycles. The first-order chi connectivity index (χ1) is 9.36. The number of nitrogens with zero attached hydrogens (tertiary/aromatic N) is 3. The van der Waals surface area contributed by atoms with Gasteiger partial charge >= 0.3 is 0 Å². The molecule has 1 saturated heterocycles. The second-order valence-corrected chi connectivity index (χ2v) is 5.60. The zero-order chi connectivity index (χ0) is 13.1. The van der Waals surface area contributed by atoms with Gasteiger partial charge < -0.3 is 9.21 Å². The lowest BCUT2D eigenvalue weighted by Crippen LogP contribution is -2.39. The van der Waals surface area contributed by atoms with Crippen molar-refractivity contribution >= 4 is 17.6 Å². The second-order valence-electron chi connectivity index (χ2n) is 4.65. The third kappa shape index (κ3) is 2.74. The van der Waals surface area contributed by atoms with E-state index in [0.717, 1.165) is 37.0 Å². The number of carbonyl (C=O) groups is 1. The van der Waals surface area contributed by atoms with E-state index >= 15 is 0 Å². The predicted octanol–water partition coefficient (Wildman–Crippen LogP) is 2.35. The minimum Gasteiger partial charge on any atom is -0.419 e. The Morgan fingerprint density at radius 1 is 1.47 bits per heavy atom. The van der Waals surface area contributed by atoms with Crippen LogP contribution in [0.1, 0.15) is 25.2 Å². The topological polar surface area (TPSA) is 59.2 Å². The summed E-state index contributed by atoms with van der Waals surface area (Å²) < 4.78 is 5.65. The molecule has 0 saturated carbocycles. The fourth-order valence-electron chi connectivity index (χ4n) is 2.36. The Bertz CT molecular complexity index is 538. The lowest BCUT2D eigenvalue weighted by Gasteiger charge is -2.30. The van der Waals surface area contributed by atoms with Crippen LogP contribution < -0.4 is 0 Å². The van der Waals surface area contributed by atoms with Crippen molar-refractivity contribution in [2.75, 3.05) is 6.54 Å². The molecule has 100 valence electrons. The molecule has 3 rings (SSSR count). The average Bonchev–Trinajstić information content (AvgIpc) is 3.09. The van der Waals surface area contributed by atoms with Gasteiger partial charge in [0.1, 0.15) is 6.29 Å². The lowest BCUT2D eigenvalue weighted by molar-refractivity contribution is -0.113. The van der Waals surface area contributed by atoms with Gasteiger partial charge in [0.15, 0.2) is 0 Å². The van der Waals surface area contributed by atoms with E-state index in [4.69, 9.17) is 4.42 Å². The van der Waals surface area contributed by atoms with Crippen molar-refractivity contribution in [1.29, 1.82) is 0 Å². The summed E-state index contributed by atoms with van der Waals surface area (Å²) in [4.78, 5) is 14.1. The van der Waals surface area contributed by atoms with E-state index in [2.05, 4.69) is 15.1 Å². The maximum absolute atomic E-state index is 11.0. The largest absolute Gasteiger partial charge is 0.419 e. The Balaban J connectivity index is 1.71. The summed E-state index contributed by atoms with van der Waals surface area (Å²) in [5.41, 5.74) is 0. The Morgan fingerprint density at radius 2 is 2.42 bits per heavy atom. The fraction of sp³-hybridized carbons (Fsp3) is 0.462. The van der Waals surface area contributed by atoms with Crippen molar-refractivity contribution in [1.82, 2.24) is 15.1 Å². The number of hydrogen-bond donors (Lipinski definition) is 0. The maximum atomic E-state index is 11.0. The molecule has 1 aliphatic rings. The highest BCUT2D eigenvalue weighted by atomic mass is 32.1. The molecule has 19 heavy (non-hydrogen) atoms. The smallest absolute Gasteiger partial charge is 0.257 e. The molecule has 6 heteroatoms. The van der Waals surface area contributed by atoms with Gasteiger partial charge in [-0.1, -0.05) is 12.5 Å². The summed E-state index contributed by atoms with van der Waals surface area (Å²) in [6, 6.07) is 3.90. The zero-order valence-electron chi connectivity index (χ0n) is 10.5. The molecule has 0 radical (unpaired) electrons. The minimum absolute atomic E-state index is 0.00848. The second kappa shape index (κ2) is 5.63. The van der Waals surface area contributed by atoms with E-state index in [1.54, 1.807) is 11.3 Å². The first-order valence-corrected chi connectivity index (χ1v) is 7.30. The highest BCUT2D eigenvalue weighted by Gasteiger charge is 2.23. The molecule has 1 fully saturated rings. The van der Waals surface area contributed by atoms with Crippen molar-refractivity contribution < 1.29 is 9.21 Å². The van der Waals surface area contributed by atoms with Gasteiger partial charge in [0, 0.05) is 0 Å². The Hall–Kier alpha value is -1.53. The number of thiophene rings is 1. The van der Waals surface area contributed by atoms with E-state index in [0.29, 0.717) is 18.3 Å². The number of likely N-dealkylation sites (tertiary alicyclic amines) is 1. The number of rotatable bonds is 4. The number of aldehydes is 1. The molecule has 0 amide bonds. The highest BCUT2D eigenvalue weighted by molar-refractivity contribution is 7.13. The Labute approximate surface area is 115 Å². The summed E-state index contributed by atoms with van der Waals surface area (Å²) >= 11 is 1.57. The number of carbonyl (C=O) groups excluding carboxylic acids is 1. The van der Waals surface area contributed by atoms with Gasteiger partial charge in [-0.15, -0.1) is 21.5 Å². The van der Waals surface area contributed by atoms with Gasteiger partial charge in [-0.2, -0.15) is 0 Å². The molecule has 0 aromatic carbocycles. The van der Waals surface area contributed by atoms with Crippen LogP contribution in [0.3, 0.4) is 0 Å². The fourth-order valence-corrected chi connectivity index (χ4v) is 3.00. The number of hydrogen-bond acceptors (Lipinski definition) is 6. The molecule has 3 heterocycles. The van der Waals surface area contributed by atoms with Crippen LogP contribution in [0.15, 0.2) is 21.9 Å². The first-order valence-electron chi connectivity index (χ1n) is 6.42. The summed E-state index contributed by atoms with van der Waals surface area (Å²) in [6.45, 7) is 1.47. The van der Waals surface area contributed by atoms with Crippen LogP contribution in [0.2, 0.25) is 0 Å². The van der Waals surface area contributed by atoms with Crippen LogP contribution in [0.25, 0.3) is 10.8 Å². The summed E-state index contributed by atoms with van der Waals surface area (Å²) in [6.07, 6.45) is 4.19. The molecule has 0 N–H and O–H groups in total. The third-order valence-electron chi connectivity index (χ3n) is 3.36. The lowest BCUT2D eigenvalue weighted by atomic mass is 10.0. The van der Waals surface area contributed by atoms with E-state index in [1.165, 1.54) is 0 Å². The van der Waals surface area contributed by atoms with Gasteiger partial charge in [-0.3, -0.25) is 4.90 Å². The van der Waals surface area contributed by atoms with Crippen LogP contribution in [-0.4, -0.2) is 34.0 Å².